The monoisotopic (exact) mass is 106 g/mol. The van der Waals surface area contributed by atoms with Gasteiger partial charge in [0, 0.05) is 6.04 Å². The van der Waals surface area contributed by atoms with E-state index in [0.717, 1.165) is 0 Å². The largest absolute Gasteiger partial charge is 0.395 e. The van der Waals surface area contributed by atoms with Crippen LogP contribution < -0.4 is 11.5 Å². The summed E-state index contributed by atoms with van der Waals surface area (Å²) in [5.74, 6) is 0. The molecule has 5 N–H and O–H groups in total. The van der Waals surface area contributed by atoms with Crippen LogP contribution in [0.4, 0.5) is 0 Å². The molecule has 0 saturated carbocycles. The molecule has 0 aromatic carbocycles. The number of aliphatic hydroxyl groups is 1. The van der Waals surface area contributed by atoms with Crippen LogP contribution in [-0.4, -0.2) is 24.8 Å². The predicted octanol–water partition coefficient (Wildman–Crippen LogP) is -1.10. The van der Waals surface area contributed by atoms with Gasteiger partial charge in [-0.3, -0.25) is 0 Å². The average molecular weight is 106 g/mol. The van der Waals surface area contributed by atoms with Gasteiger partial charge in [-0.05, 0) is 14.0 Å². The first-order chi connectivity index (χ1) is 3.27. The third kappa shape index (κ3) is 25.0. The standard InChI is InChI=1S/C3H9NO.CH5N/c1-3(4)2-5;1-2/h3,5H,2,4H2,1H3;2H2,1H3. The lowest BCUT2D eigenvalue weighted by molar-refractivity contribution is 0.273. The smallest absolute Gasteiger partial charge is 0.0579 e. The highest BCUT2D eigenvalue weighted by molar-refractivity contribution is 4.43. The van der Waals surface area contributed by atoms with Crippen LogP contribution in [0, 0.1) is 0 Å². The Balaban J connectivity index is 0. The molecule has 3 nitrogen and oxygen atoms in total. The highest BCUT2D eigenvalue weighted by Gasteiger charge is 1.81. The van der Waals surface area contributed by atoms with Crippen LogP contribution in [0.1, 0.15) is 6.92 Å². The van der Waals surface area contributed by atoms with Gasteiger partial charge in [0.05, 0.1) is 6.61 Å². The number of hydrogen-bond donors (Lipinski definition) is 3. The summed E-state index contributed by atoms with van der Waals surface area (Å²) in [6.07, 6.45) is 0. The fourth-order valence-electron chi connectivity index (χ4n) is 0. The van der Waals surface area contributed by atoms with Crippen molar-refractivity contribution < 1.29 is 5.11 Å². The van der Waals surface area contributed by atoms with E-state index in [1.807, 2.05) is 0 Å². The SMILES string of the molecule is CC(N)CO.CN. The Morgan fingerprint density at radius 1 is 1.57 bits per heavy atom. The molecule has 0 radical (unpaired) electrons. The topological polar surface area (TPSA) is 72.3 Å². The van der Waals surface area contributed by atoms with E-state index >= 15 is 0 Å². The third-order valence-corrected chi connectivity index (χ3v) is 0.288. The van der Waals surface area contributed by atoms with E-state index < -0.39 is 0 Å². The summed E-state index contributed by atoms with van der Waals surface area (Å²) in [4.78, 5) is 0. The molecule has 7 heavy (non-hydrogen) atoms. The van der Waals surface area contributed by atoms with Gasteiger partial charge in [0.25, 0.3) is 0 Å². The molecule has 0 aliphatic heterocycles. The van der Waals surface area contributed by atoms with E-state index in [1.165, 1.54) is 7.05 Å². The molecule has 0 heterocycles. The number of hydrogen-bond acceptors (Lipinski definition) is 3. The van der Waals surface area contributed by atoms with E-state index in [0.29, 0.717) is 0 Å². The summed E-state index contributed by atoms with van der Waals surface area (Å²) in [5.41, 5.74) is 9.54. The lowest BCUT2D eigenvalue weighted by Gasteiger charge is -1.91. The highest BCUT2D eigenvalue weighted by Crippen LogP contribution is 1.62. The van der Waals surface area contributed by atoms with Gasteiger partial charge in [-0.15, -0.1) is 0 Å². The second kappa shape index (κ2) is 9.30. The van der Waals surface area contributed by atoms with Crippen LogP contribution in [0.5, 0.6) is 0 Å². The third-order valence-electron chi connectivity index (χ3n) is 0.288. The molecule has 0 spiro atoms. The van der Waals surface area contributed by atoms with Gasteiger partial charge >= 0.3 is 0 Å². The number of rotatable bonds is 1. The fraction of sp³-hybridized carbons (Fsp3) is 1.00. The Morgan fingerprint density at radius 2 is 1.71 bits per heavy atom. The molecule has 1 unspecified atom stereocenters. The van der Waals surface area contributed by atoms with Gasteiger partial charge in [0.2, 0.25) is 0 Å². The van der Waals surface area contributed by atoms with Crippen LogP contribution in [-0.2, 0) is 0 Å². The summed E-state index contributed by atoms with van der Waals surface area (Å²) in [7, 11) is 1.50. The van der Waals surface area contributed by atoms with E-state index in [-0.39, 0.29) is 12.6 Å². The Hall–Kier alpha value is -0.120. The van der Waals surface area contributed by atoms with Crippen molar-refractivity contribution in [2.45, 2.75) is 13.0 Å². The zero-order valence-corrected chi connectivity index (χ0v) is 4.89. The van der Waals surface area contributed by atoms with Crippen molar-refractivity contribution in [3.05, 3.63) is 0 Å². The predicted molar refractivity (Wildman–Crippen MR) is 30.8 cm³/mol. The van der Waals surface area contributed by atoms with Gasteiger partial charge in [-0.1, -0.05) is 0 Å². The molecule has 0 aliphatic carbocycles. The van der Waals surface area contributed by atoms with E-state index in [9.17, 15) is 0 Å². The molecule has 0 saturated heterocycles. The Kier molecular flexibility index (Phi) is 13.3. The van der Waals surface area contributed by atoms with Crippen molar-refractivity contribution in [1.82, 2.24) is 0 Å². The maximum atomic E-state index is 8.02. The van der Waals surface area contributed by atoms with Crippen molar-refractivity contribution in [2.75, 3.05) is 13.7 Å². The normalized spacial score (nSPS) is 11.6. The van der Waals surface area contributed by atoms with E-state index in [1.54, 1.807) is 6.92 Å². The summed E-state index contributed by atoms with van der Waals surface area (Å²) >= 11 is 0. The molecule has 3 heteroatoms. The summed E-state index contributed by atoms with van der Waals surface area (Å²) in [5, 5.41) is 8.02. The molecule has 46 valence electrons. The summed E-state index contributed by atoms with van der Waals surface area (Å²) < 4.78 is 0. The molecule has 0 aromatic heterocycles. The van der Waals surface area contributed by atoms with Crippen molar-refractivity contribution in [3.63, 3.8) is 0 Å². The van der Waals surface area contributed by atoms with Crippen molar-refractivity contribution in [1.29, 1.82) is 0 Å². The maximum Gasteiger partial charge on any atom is 0.0579 e. The van der Waals surface area contributed by atoms with Gasteiger partial charge in [-0.2, -0.15) is 0 Å². The first-order valence-electron chi connectivity index (χ1n) is 2.21. The minimum absolute atomic E-state index is 0.0602. The highest BCUT2D eigenvalue weighted by atomic mass is 16.3. The molecule has 0 amide bonds. The molecular formula is C4H14N2O. The van der Waals surface area contributed by atoms with Gasteiger partial charge in [0.1, 0.15) is 0 Å². The Bertz CT molecular complexity index is 23.7. The molecular weight excluding hydrogens is 92.1 g/mol. The fourth-order valence-corrected chi connectivity index (χ4v) is 0. The van der Waals surface area contributed by atoms with Crippen molar-refractivity contribution in [3.8, 4) is 0 Å². The first-order valence-corrected chi connectivity index (χ1v) is 2.21. The quantitative estimate of drug-likeness (QED) is 0.397. The minimum atomic E-state index is -0.0602. The van der Waals surface area contributed by atoms with Crippen molar-refractivity contribution in [2.24, 2.45) is 11.5 Å². The molecule has 0 aromatic rings. The number of aliphatic hydroxyl groups excluding tert-OH is 1. The van der Waals surface area contributed by atoms with Gasteiger partial charge in [-0.25, -0.2) is 0 Å². The average Bonchev–Trinajstić information content (AvgIpc) is 1.73. The second-order valence-electron chi connectivity index (χ2n) is 1.16. The molecule has 1 atom stereocenters. The van der Waals surface area contributed by atoms with Crippen LogP contribution in [0.25, 0.3) is 0 Å². The van der Waals surface area contributed by atoms with Gasteiger partial charge in [0.15, 0.2) is 0 Å². The molecule has 0 aliphatic rings. The van der Waals surface area contributed by atoms with E-state index in [2.05, 4.69) is 5.73 Å². The Labute approximate surface area is 44.3 Å². The summed E-state index contributed by atoms with van der Waals surface area (Å²) in [6, 6.07) is -0.0602. The Morgan fingerprint density at radius 3 is 1.71 bits per heavy atom. The van der Waals surface area contributed by atoms with Crippen LogP contribution in [0.3, 0.4) is 0 Å². The molecule has 0 fully saturated rings. The zero-order chi connectivity index (χ0) is 6.28. The van der Waals surface area contributed by atoms with Crippen LogP contribution >= 0.6 is 0 Å². The first kappa shape index (κ1) is 9.99. The summed E-state index contributed by atoms with van der Waals surface area (Å²) in [6.45, 7) is 1.83. The van der Waals surface area contributed by atoms with E-state index in [4.69, 9.17) is 10.8 Å². The zero-order valence-electron chi connectivity index (χ0n) is 4.89. The minimum Gasteiger partial charge on any atom is -0.395 e. The van der Waals surface area contributed by atoms with Crippen LogP contribution in [0.2, 0.25) is 0 Å². The van der Waals surface area contributed by atoms with Crippen molar-refractivity contribution >= 4 is 0 Å². The number of nitrogens with two attached hydrogens (primary N) is 2. The lowest BCUT2D eigenvalue weighted by atomic mass is 10.4. The second-order valence-corrected chi connectivity index (χ2v) is 1.16. The van der Waals surface area contributed by atoms with Gasteiger partial charge < -0.3 is 16.6 Å². The molecule has 0 rings (SSSR count). The lowest BCUT2D eigenvalue weighted by Crippen LogP contribution is -2.18. The maximum absolute atomic E-state index is 8.02. The molecule has 0 bridgehead atoms. The van der Waals surface area contributed by atoms with Crippen LogP contribution in [0.15, 0.2) is 0 Å².